The molecule has 0 aromatic heterocycles. The van der Waals surface area contributed by atoms with Gasteiger partial charge in [-0.3, -0.25) is 0 Å². The van der Waals surface area contributed by atoms with Gasteiger partial charge in [-0.25, -0.2) is 4.39 Å². The predicted octanol–water partition coefficient (Wildman–Crippen LogP) is 6.38. The Kier molecular flexibility index (Phi) is 4.95. The first-order valence-corrected chi connectivity index (χ1v) is 7.61. The smallest absolute Gasteiger partial charge is 0.142 e. The van der Waals surface area contributed by atoms with E-state index in [1.54, 1.807) is 0 Å². The molecular formula is C15H13BrCl2FN. The van der Waals surface area contributed by atoms with Gasteiger partial charge in [-0.1, -0.05) is 45.2 Å². The maximum absolute atomic E-state index is 13.5. The fourth-order valence-electron chi connectivity index (χ4n) is 1.94. The number of hydrogen-bond donors (Lipinski definition) is 1. The van der Waals surface area contributed by atoms with Gasteiger partial charge in [0.05, 0.1) is 11.1 Å². The normalized spacial score (nSPS) is 12.3. The zero-order chi connectivity index (χ0) is 14.9. The van der Waals surface area contributed by atoms with Crippen LogP contribution in [0.1, 0.15) is 24.1 Å². The highest BCUT2D eigenvalue weighted by Crippen LogP contribution is 2.34. The van der Waals surface area contributed by atoms with Crippen LogP contribution >= 0.6 is 39.1 Å². The van der Waals surface area contributed by atoms with E-state index in [1.165, 1.54) is 12.1 Å². The van der Waals surface area contributed by atoms with Gasteiger partial charge in [0.2, 0.25) is 0 Å². The lowest BCUT2D eigenvalue weighted by molar-refractivity contribution is 0.624. The van der Waals surface area contributed by atoms with Gasteiger partial charge in [0.15, 0.2) is 0 Å². The molecule has 0 saturated carbocycles. The third-order valence-electron chi connectivity index (χ3n) is 3.07. The van der Waals surface area contributed by atoms with Crippen molar-refractivity contribution in [3.05, 3.63) is 61.8 Å². The van der Waals surface area contributed by atoms with Crippen LogP contribution in [-0.4, -0.2) is 0 Å². The van der Waals surface area contributed by atoms with Crippen molar-refractivity contribution in [2.75, 3.05) is 5.32 Å². The molecule has 0 bridgehead atoms. The van der Waals surface area contributed by atoms with Crippen LogP contribution in [0.3, 0.4) is 0 Å². The van der Waals surface area contributed by atoms with Crippen LogP contribution in [0.15, 0.2) is 34.8 Å². The molecule has 0 amide bonds. The van der Waals surface area contributed by atoms with E-state index in [1.807, 2.05) is 32.0 Å². The Bertz CT molecular complexity index is 646. The van der Waals surface area contributed by atoms with E-state index in [4.69, 9.17) is 23.2 Å². The van der Waals surface area contributed by atoms with E-state index in [0.717, 1.165) is 15.7 Å². The largest absolute Gasteiger partial charge is 0.378 e. The van der Waals surface area contributed by atoms with Gasteiger partial charge in [0.25, 0.3) is 0 Å². The van der Waals surface area contributed by atoms with Crippen molar-refractivity contribution in [2.45, 2.75) is 19.9 Å². The van der Waals surface area contributed by atoms with Crippen LogP contribution in [0, 0.1) is 12.7 Å². The van der Waals surface area contributed by atoms with Gasteiger partial charge in [-0.15, -0.1) is 0 Å². The summed E-state index contributed by atoms with van der Waals surface area (Å²) in [5, 5.41) is 3.78. The summed E-state index contributed by atoms with van der Waals surface area (Å²) in [4.78, 5) is 0. The molecule has 0 heterocycles. The molecule has 5 heteroatoms. The molecule has 0 radical (unpaired) electrons. The van der Waals surface area contributed by atoms with E-state index >= 15 is 0 Å². The lowest BCUT2D eigenvalue weighted by Gasteiger charge is -2.19. The number of anilines is 1. The summed E-state index contributed by atoms with van der Waals surface area (Å²) in [6, 6.07) is 8.49. The van der Waals surface area contributed by atoms with E-state index in [2.05, 4.69) is 21.2 Å². The number of aryl methyl sites for hydroxylation is 1. The molecule has 2 aromatic rings. The standard InChI is InChI=1S/C15H13BrCl2FN/c1-8-3-4-10(7-11(8)16)20-9(2)14-12(17)5-6-13(19)15(14)18/h3-7,9,20H,1-2H3. The minimum absolute atomic E-state index is 0.0590. The first kappa shape index (κ1) is 15.6. The summed E-state index contributed by atoms with van der Waals surface area (Å²) in [7, 11) is 0. The van der Waals surface area contributed by atoms with Crippen LogP contribution in [0.2, 0.25) is 10.0 Å². The molecule has 1 atom stereocenters. The second-order valence-corrected chi connectivity index (χ2v) is 6.23. The van der Waals surface area contributed by atoms with Gasteiger partial charge >= 0.3 is 0 Å². The molecule has 0 saturated heterocycles. The Morgan fingerprint density at radius 3 is 2.55 bits per heavy atom. The maximum Gasteiger partial charge on any atom is 0.142 e. The second-order valence-electron chi connectivity index (χ2n) is 4.59. The quantitative estimate of drug-likeness (QED) is 0.613. The Morgan fingerprint density at radius 1 is 1.20 bits per heavy atom. The molecule has 2 aromatic carbocycles. The predicted molar refractivity (Wildman–Crippen MR) is 87.3 cm³/mol. The van der Waals surface area contributed by atoms with Crippen molar-refractivity contribution >= 4 is 44.8 Å². The van der Waals surface area contributed by atoms with Crippen molar-refractivity contribution in [2.24, 2.45) is 0 Å². The molecule has 0 aliphatic heterocycles. The van der Waals surface area contributed by atoms with Crippen molar-refractivity contribution in [1.29, 1.82) is 0 Å². The van der Waals surface area contributed by atoms with Crippen LogP contribution in [0.5, 0.6) is 0 Å². The molecule has 1 unspecified atom stereocenters. The summed E-state index contributed by atoms with van der Waals surface area (Å²) in [5.74, 6) is -0.468. The maximum atomic E-state index is 13.5. The second kappa shape index (κ2) is 6.33. The summed E-state index contributed by atoms with van der Waals surface area (Å²) < 4.78 is 14.6. The fraction of sp³-hybridized carbons (Fsp3) is 0.200. The molecule has 20 heavy (non-hydrogen) atoms. The Hall–Kier alpha value is -0.770. The molecule has 0 spiro atoms. The average Bonchev–Trinajstić information content (AvgIpc) is 2.39. The van der Waals surface area contributed by atoms with E-state index in [9.17, 15) is 4.39 Å². The van der Waals surface area contributed by atoms with Gasteiger partial charge in [0.1, 0.15) is 5.82 Å². The number of nitrogens with one attached hydrogen (secondary N) is 1. The van der Waals surface area contributed by atoms with Crippen LogP contribution < -0.4 is 5.32 Å². The fourth-order valence-corrected chi connectivity index (χ4v) is 3.02. The van der Waals surface area contributed by atoms with Crippen molar-refractivity contribution in [3.63, 3.8) is 0 Å². The van der Waals surface area contributed by atoms with E-state index in [0.29, 0.717) is 10.6 Å². The van der Waals surface area contributed by atoms with Crippen molar-refractivity contribution < 1.29 is 4.39 Å². The summed E-state index contributed by atoms with van der Waals surface area (Å²) in [5.41, 5.74) is 2.61. The highest BCUT2D eigenvalue weighted by Gasteiger charge is 2.17. The molecule has 0 aliphatic carbocycles. The average molecular weight is 377 g/mol. The monoisotopic (exact) mass is 375 g/mol. The van der Waals surface area contributed by atoms with E-state index in [-0.39, 0.29) is 11.1 Å². The van der Waals surface area contributed by atoms with Crippen LogP contribution in [0.25, 0.3) is 0 Å². The number of rotatable bonds is 3. The van der Waals surface area contributed by atoms with Crippen LogP contribution in [0.4, 0.5) is 10.1 Å². The molecule has 2 rings (SSSR count). The number of halogens is 4. The third kappa shape index (κ3) is 3.27. The Balaban J connectivity index is 2.30. The first-order valence-electron chi connectivity index (χ1n) is 6.06. The topological polar surface area (TPSA) is 12.0 Å². The number of hydrogen-bond acceptors (Lipinski definition) is 1. The highest BCUT2D eigenvalue weighted by atomic mass is 79.9. The van der Waals surface area contributed by atoms with Gasteiger partial charge in [-0.2, -0.15) is 0 Å². The molecule has 0 aliphatic rings. The first-order chi connectivity index (χ1) is 9.40. The molecule has 0 fully saturated rings. The third-order valence-corrected chi connectivity index (χ3v) is 4.64. The SMILES string of the molecule is Cc1ccc(NC(C)c2c(Cl)ccc(F)c2Cl)cc1Br. The van der Waals surface area contributed by atoms with Crippen molar-refractivity contribution in [3.8, 4) is 0 Å². The zero-order valence-electron chi connectivity index (χ0n) is 11.0. The lowest BCUT2D eigenvalue weighted by Crippen LogP contribution is -2.08. The summed E-state index contributed by atoms with van der Waals surface area (Å²) in [6.07, 6.45) is 0. The highest BCUT2D eigenvalue weighted by molar-refractivity contribution is 9.10. The lowest BCUT2D eigenvalue weighted by atomic mass is 10.1. The van der Waals surface area contributed by atoms with Crippen LogP contribution in [-0.2, 0) is 0 Å². The molecule has 1 N–H and O–H groups in total. The summed E-state index contributed by atoms with van der Waals surface area (Å²) >= 11 is 15.6. The van der Waals surface area contributed by atoms with E-state index < -0.39 is 5.82 Å². The summed E-state index contributed by atoms with van der Waals surface area (Å²) in [6.45, 7) is 3.90. The van der Waals surface area contributed by atoms with Gasteiger partial charge < -0.3 is 5.32 Å². The minimum Gasteiger partial charge on any atom is -0.378 e. The zero-order valence-corrected chi connectivity index (χ0v) is 14.1. The van der Waals surface area contributed by atoms with Gasteiger partial charge in [-0.05, 0) is 43.7 Å². The Labute approximate surface area is 136 Å². The van der Waals surface area contributed by atoms with Gasteiger partial charge in [0, 0.05) is 20.7 Å². The Morgan fingerprint density at radius 2 is 1.90 bits per heavy atom. The minimum atomic E-state index is -0.468. The molecular weight excluding hydrogens is 364 g/mol. The molecule has 1 nitrogen and oxygen atoms in total. The van der Waals surface area contributed by atoms with Crippen molar-refractivity contribution in [1.82, 2.24) is 0 Å². The number of benzene rings is 2. The molecule has 106 valence electrons.